The number of hydrogen-bond donors (Lipinski definition) is 2. The average Bonchev–Trinajstić information content (AvgIpc) is 2.94. The molecule has 0 aliphatic heterocycles. The Labute approximate surface area is 105 Å². The Balaban J connectivity index is 1.97. The Kier molecular flexibility index (Phi) is 3.33. The number of carbonyl (C=O) groups is 2. The fraction of sp³-hybridized carbons (Fsp3) is 0.222. The van der Waals surface area contributed by atoms with Crippen molar-refractivity contribution in [3.63, 3.8) is 0 Å². The minimum Gasteiger partial charge on any atom is -0.476 e. The molecule has 2 aromatic heterocycles. The summed E-state index contributed by atoms with van der Waals surface area (Å²) >= 11 is 0.956. The predicted molar refractivity (Wildman–Crippen MR) is 59.3 cm³/mol. The Hall–Kier alpha value is -2.29. The lowest BCUT2D eigenvalue weighted by Crippen LogP contribution is -2.23. The zero-order chi connectivity index (χ0) is 13.1. The number of rotatable bonds is 4. The van der Waals surface area contributed by atoms with E-state index in [2.05, 4.69) is 20.4 Å². The Morgan fingerprint density at radius 3 is 2.83 bits per heavy atom. The van der Waals surface area contributed by atoms with Crippen LogP contribution in [-0.4, -0.2) is 32.1 Å². The fourth-order valence-electron chi connectivity index (χ4n) is 1.12. The molecule has 0 spiro atoms. The van der Waals surface area contributed by atoms with Crippen LogP contribution in [0.4, 0.5) is 0 Å². The normalized spacial score (nSPS) is 10.3. The lowest BCUT2D eigenvalue weighted by Gasteiger charge is -1.97. The van der Waals surface area contributed by atoms with E-state index in [1.54, 1.807) is 6.92 Å². The minimum atomic E-state index is -1.17. The van der Waals surface area contributed by atoms with Crippen molar-refractivity contribution in [1.29, 1.82) is 0 Å². The van der Waals surface area contributed by atoms with Crippen LogP contribution in [0.15, 0.2) is 9.90 Å². The summed E-state index contributed by atoms with van der Waals surface area (Å²) < 4.78 is 4.81. The summed E-state index contributed by atoms with van der Waals surface area (Å²) in [6, 6.07) is 0. The summed E-state index contributed by atoms with van der Waals surface area (Å²) in [7, 11) is 0. The number of carboxylic acid groups (broad SMARTS) is 1. The smallest absolute Gasteiger partial charge is 0.355 e. The van der Waals surface area contributed by atoms with Crippen LogP contribution in [0.25, 0.3) is 0 Å². The zero-order valence-corrected chi connectivity index (χ0v) is 10.0. The molecule has 0 atom stereocenters. The van der Waals surface area contributed by atoms with Gasteiger partial charge < -0.3 is 14.9 Å². The van der Waals surface area contributed by atoms with Gasteiger partial charge in [-0.05, 0) is 6.92 Å². The summed E-state index contributed by atoms with van der Waals surface area (Å²) in [6.45, 7) is 1.73. The van der Waals surface area contributed by atoms with Crippen LogP contribution in [0.1, 0.15) is 32.0 Å². The first-order valence-electron chi connectivity index (χ1n) is 4.82. The van der Waals surface area contributed by atoms with Crippen molar-refractivity contribution in [2.45, 2.75) is 13.5 Å². The topological polar surface area (TPSA) is 118 Å². The lowest BCUT2D eigenvalue weighted by molar-refractivity contribution is 0.0691. The van der Waals surface area contributed by atoms with E-state index in [-0.39, 0.29) is 23.1 Å². The van der Waals surface area contributed by atoms with Crippen molar-refractivity contribution >= 4 is 23.2 Å². The Bertz CT molecular complexity index is 591. The molecule has 0 aliphatic rings. The van der Waals surface area contributed by atoms with Crippen molar-refractivity contribution in [3.8, 4) is 0 Å². The average molecular weight is 268 g/mol. The highest BCUT2D eigenvalue weighted by atomic mass is 32.1. The number of aromatic nitrogens is 3. The molecule has 1 amide bonds. The van der Waals surface area contributed by atoms with Gasteiger partial charge in [-0.2, -0.15) is 4.98 Å². The number of carbonyl (C=O) groups excluding carboxylic acids is 1. The molecular formula is C9H8N4O4S. The SMILES string of the molecule is Cc1noc(CNC(=O)c2nc(C(=O)O)cs2)n1. The monoisotopic (exact) mass is 268 g/mol. The van der Waals surface area contributed by atoms with Crippen LogP contribution in [-0.2, 0) is 6.54 Å². The molecule has 18 heavy (non-hydrogen) atoms. The number of amides is 1. The standard InChI is InChI=1S/C9H8N4O4S/c1-4-11-6(17-13-4)2-10-7(14)8-12-5(3-18-8)9(15)16/h3H,2H2,1H3,(H,10,14)(H,15,16). The number of hydrogen-bond acceptors (Lipinski definition) is 7. The van der Waals surface area contributed by atoms with E-state index in [0.29, 0.717) is 5.82 Å². The van der Waals surface area contributed by atoms with Crippen LogP contribution >= 0.6 is 11.3 Å². The van der Waals surface area contributed by atoms with Gasteiger partial charge in [-0.1, -0.05) is 5.16 Å². The molecule has 0 saturated heterocycles. The second-order valence-electron chi connectivity index (χ2n) is 3.26. The molecule has 0 bridgehead atoms. The third kappa shape index (κ3) is 2.69. The maximum absolute atomic E-state index is 11.6. The van der Waals surface area contributed by atoms with Crippen LogP contribution in [0.3, 0.4) is 0 Å². The van der Waals surface area contributed by atoms with Crippen molar-refractivity contribution < 1.29 is 19.2 Å². The third-order valence-corrected chi connectivity index (χ3v) is 2.73. The summed E-state index contributed by atoms with van der Waals surface area (Å²) in [5.41, 5.74) is -0.154. The number of nitrogens with zero attached hydrogens (tertiary/aromatic N) is 3. The number of aromatic carboxylic acids is 1. The zero-order valence-electron chi connectivity index (χ0n) is 9.21. The Morgan fingerprint density at radius 1 is 1.50 bits per heavy atom. The first-order chi connectivity index (χ1) is 8.56. The molecule has 2 rings (SSSR count). The molecule has 9 heteroatoms. The third-order valence-electron chi connectivity index (χ3n) is 1.89. The van der Waals surface area contributed by atoms with Gasteiger partial charge in [-0.15, -0.1) is 11.3 Å². The molecule has 0 fully saturated rings. The van der Waals surface area contributed by atoms with Gasteiger partial charge in [0.2, 0.25) is 5.89 Å². The Morgan fingerprint density at radius 2 is 2.28 bits per heavy atom. The van der Waals surface area contributed by atoms with Gasteiger partial charge in [-0.3, -0.25) is 4.79 Å². The highest BCUT2D eigenvalue weighted by molar-refractivity contribution is 7.11. The molecular weight excluding hydrogens is 260 g/mol. The van der Waals surface area contributed by atoms with Crippen molar-refractivity contribution in [3.05, 3.63) is 27.8 Å². The van der Waals surface area contributed by atoms with Gasteiger partial charge >= 0.3 is 5.97 Å². The van der Waals surface area contributed by atoms with Gasteiger partial charge in [0, 0.05) is 5.38 Å². The van der Waals surface area contributed by atoms with E-state index < -0.39 is 11.9 Å². The van der Waals surface area contributed by atoms with Gasteiger partial charge in [0.1, 0.15) is 0 Å². The molecule has 0 aromatic carbocycles. The summed E-state index contributed by atoms with van der Waals surface area (Å²) in [4.78, 5) is 29.8. The summed E-state index contributed by atoms with van der Waals surface area (Å²) in [5.74, 6) is -0.904. The van der Waals surface area contributed by atoms with Gasteiger partial charge in [0.15, 0.2) is 16.5 Å². The maximum Gasteiger partial charge on any atom is 0.355 e. The van der Waals surface area contributed by atoms with Crippen LogP contribution in [0, 0.1) is 6.92 Å². The number of carboxylic acids is 1. The van der Waals surface area contributed by atoms with Crippen molar-refractivity contribution in [2.75, 3.05) is 0 Å². The number of aryl methyl sites for hydroxylation is 1. The first kappa shape index (κ1) is 12.2. The first-order valence-corrected chi connectivity index (χ1v) is 5.70. The molecule has 0 unspecified atom stereocenters. The highest BCUT2D eigenvalue weighted by Gasteiger charge is 2.15. The summed E-state index contributed by atoms with van der Waals surface area (Å²) in [5, 5.41) is 16.1. The number of nitrogens with one attached hydrogen (secondary N) is 1. The summed E-state index contributed by atoms with van der Waals surface area (Å²) in [6.07, 6.45) is 0. The van der Waals surface area contributed by atoms with Crippen LogP contribution < -0.4 is 5.32 Å². The minimum absolute atomic E-state index is 0.0711. The van der Waals surface area contributed by atoms with Crippen molar-refractivity contribution in [2.24, 2.45) is 0 Å². The second-order valence-corrected chi connectivity index (χ2v) is 4.12. The molecule has 0 aliphatic carbocycles. The van der Waals surface area contributed by atoms with E-state index in [1.165, 1.54) is 5.38 Å². The van der Waals surface area contributed by atoms with E-state index in [9.17, 15) is 9.59 Å². The van der Waals surface area contributed by atoms with Gasteiger partial charge in [-0.25, -0.2) is 9.78 Å². The molecule has 0 saturated carbocycles. The number of thiazole rings is 1. The molecule has 2 aromatic rings. The second kappa shape index (κ2) is 4.92. The van der Waals surface area contributed by atoms with E-state index in [4.69, 9.17) is 9.63 Å². The van der Waals surface area contributed by atoms with E-state index >= 15 is 0 Å². The largest absolute Gasteiger partial charge is 0.476 e. The van der Waals surface area contributed by atoms with E-state index in [0.717, 1.165) is 11.3 Å². The predicted octanol–water partition coefficient (Wildman–Crippen LogP) is 0.463. The quantitative estimate of drug-likeness (QED) is 0.826. The maximum atomic E-state index is 11.6. The van der Waals surface area contributed by atoms with Crippen LogP contribution in [0.5, 0.6) is 0 Å². The molecule has 94 valence electrons. The fourth-order valence-corrected chi connectivity index (χ4v) is 1.83. The van der Waals surface area contributed by atoms with Crippen molar-refractivity contribution in [1.82, 2.24) is 20.4 Å². The molecule has 0 radical (unpaired) electrons. The van der Waals surface area contributed by atoms with Gasteiger partial charge in [0.05, 0.1) is 6.54 Å². The van der Waals surface area contributed by atoms with Gasteiger partial charge in [0.25, 0.3) is 5.91 Å². The molecule has 2 heterocycles. The van der Waals surface area contributed by atoms with Crippen LogP contribution in [0.2, 0.25) is 0 Å². The molecule has 2 N–H and O–H groups in total. The lowest BCUT2D eigenvalue weighted by atomic mass is 10.5. The van der Waals surface area contributed by atoms with E-state index in [1.807, 2.05) is 0 Å². The molecule has 8 nitrogen and oxygen atoms in total. The highest BCUT2D eigenvalue weighted by Crippen LogP contribution is 2.09.